The van der Waals surface area contributed by atoms with E-state index in [1.54, 1.807) is 18.1 Å². The van der Waals surface area contributed by atoms with E-state index in [4.69, 9.17) is 4.74 Å². The summed E-state index contributed by atoms with van der Waals surface area (Å²) in [4.78, 5) is 0. The van der Waals surface area contributed by atoms with Crippen molar-refractivity contribution in [3.8, 4) is 11.4 Å². The highest BCUT2D eigenvalue weighted by molar-refractivity contribution is 5.85. The Morgan fingerprint density at radius 3 is 2.67 bits per heavy atom. The summed E-state index contributed by atoms with van der Waals surface area (Å²) in [5.74, 6) is 0.861. The number of aryl methyl sites for hydroxylation is 1. The number of tetrazole rings is 1. The van der Waals surface area contributed by atoms with E-state index in [-0.39, 0.29) is 24.8 Å². The fourth-order valence-corrected chi connectivity index (χ4v) is 3.80. The van der Waals surface area contributed by atoms with Crippen molar-refractivity contribution in [1.82, 2.24) is 30.8 Å². The van der Waals surface area contributed by atoms with Crippen molar-refractivity contribution in [1.29, 1.82) is 0 Å². The van der Waals surface area contributed by atoms with Gasteiger partial charge in [-0.2, -0.15) is 0 Å². The van der Waals surface area contributed by atoms with Crippen LogP contribution in [0.4, 0.5) is 0 Å². The zero-order chi connectivity index (χ0) is 19.3. The minimum atomic E-state index is 0. The topological polar surface area (TPSA) is 76.9 Å². The van der Waals surface area contributed by atoms with Crippen molar-refractivity contribution in [3.63, 3.8) is 0 Å². The number of aromatic nitrogens is 4. The first-order valence-electron chi connectivity index (χ1n) is 9.68. The van der Waals surface area contributed by atoms with Crippen LogP contribution in [0.1, 0.15) is 35.6 Å². The van der Waals surface area contributed by atoms with Gasteiger partial charge in [0.15, 0.2) is 0 Å². The van der Waals surface area contributed by atoms with E-state index < -0.39 is 0 Å². The first kappa shape index (κ1) is 24.1. The number of methoxy groups -OCH3 is 1. The van der Waals surface area contributed by atoms with Gasteiger partial charge in [0.1, 0.15) is 12.1 Å². The minimum Gasteiger partial charge on any atom is -0.496 e. The Morgan fingerprint density at radius 1 is 1.17 bits per heavy atom. The molecule has 3 aromatic rings. The number of nitrogens with one attached hydrogen (secondary N) is 2. The van der Waals surface area contributed by atoms with Crippen LogP contribution in [0.5, 0.6) is 5.75 Å². The number of hydrogen-bond acceptors (Lipinski definition) is 6. The number of nitrogens with zero attached hydrogens (tertiary/aromatic N) is 4. The van der Waals surface area contributed by atoms with Crippen LogP contribution in [0.3, 0.4) is 0 Å². The Labute approximate surface area is 189 Å². The molecule has 0 saturated carbocycles. The molecule has 1 aliphatic rings. The summed E-state index contributed by atoms with van der Waals surface area (Å²) in [6.45, 7) is 3.89. The molecule has 0 radical (unpaired) electrons. The molecular weight excluding hydrogens is 423 g/mol. The summed E-state index contributed by atoms with van der Waals surface area (Å²) >= 11 is 0. The molecule has 2 N–H and O–H groups in total. The van der Waals surface area contributed by atoms with Gasteiger partial charge in [0, 0.05) is 24.2 Å². The maximum absolute atomic E-state index is 5.57. The van der Waals surface area contributed by atoms with Crippen molar-refractivity contribution in [2.75, 3.05) is 13.7 Å². The van der Waals surface area contributed by atoms with Crippen LogP contribution in [-0.2, 0) is 6.54 Å². The molecule has 2 heterocycles. The predicted molar refractivity (Wildman–Crippen MR) is 122 cm³/mol. The Bertz CT molecular complexity index is 904. The molecule has 0 aliphatic carbocycles. The van der Waals surface area contributed by atoms with Gasteiger partial charge in [-0.25, -0.2) is 4.68 Å². The third kappa shape index (κ3) is 5.49. The first-order chi connectivity index (χ1) is 13.7. The van der Waals surface area contributed by atoms with Gasteiger partial charge in [0.25, 0.3) is 0 Å². The summed E-state index contributed by atoms with van der Waals surface area (Å²) in [5, 5.41) is 18.8. The average molecular weight is 451 g/mol. The third-order valence-corrected chi connectivity index (χ3v) is 5.33. The molecular formula is C21H28Cl2N6O. The minimum absolute atomic E-state index is 0. The molecule has 162 valence electrons. The molecule has 0 amide bonds. The third-order valence-electron chi connectivity index (χ3n) is 5.33. The standard InChI is InChI=1S/C21H26N6O.2ClH/c1-15-5-7-16(8-6-15)21-19(4-3-11-22-21)23-13-17-12-18(9-10-20(17)28-2)27-14-24-25-26-27;;/h5-10,12,14,19,21-23H,3-4,11,13H2,1-2H3;2*1H/t19-,21-;;/m1../s1. The number of piperidine rings is 1. The van der Waals surface area contributed by atoms with E-state index >= 15 is 0 Å². The van der Waals surface area contributed by atoms with Crippen LogP contribution in [-0.4, -0.2) is 39.9 Å². The van der Waals surface area contributed by atoms with Gasteiger partial charge < -0.3 is 15.4 Å². The largest absolute Gasteiger partial charge is 0.496 e. The maximum Gasteiger partial charge on any atom is 0.143 e. The molecule has 1 aromatic heterocycles. The second kappa shape index (κ2) is 11.3. The van der Waals surface area contributed by atoms with E-state index in [1.807, 2.05) is 12.1 Å². The van der Waals surface area contributed by atoms with E-state index in [0.29, 0.717) is 18.6 Å². The molecule has 1 saturated heterocycles. The van der Waals surface area contributed by atoms with E-state index in [1.165, 1.54) is 17.5 Å². The molecule has 0 bridgehead atoms. The lowest BCUT2D eigenvalue weighted by atomic mass is 9.91. The smallest absolute Gasteiger partial charge is 0.143 e. The average Bonchev–Trinajstić information content (AvgIpc) is 3.28. The molecule has 2 aromatic carbocycles. The number of hydrogen-bond donors (Lipinski definition) is 2. The second-order valence-corrected chi connectivity index (χ2v) is 7.22. The number of ether oxygens (including phenoxy) is 1. The van der Waals surface area contributed by atoms with Crippen molar-refractivity contribution in [2.24, 2.45) is 0 Å². The molecule has 1 fully saturated rings. The van der Waals surface area contributed by atoms with Crippen LogP contribution in [0.2, 0.25) is 0 Å². The lowest BCUT2D eigenvalue weighted by molar-refractivity contribution is 0.303. The molecule has 0 spiro atoms. The quantitative estimate of drug-likeness (QED) is 0.598. The Kier molecular flexibility index (Phi) is 9.05. The SMILES string of the molecule is COc1ccc(-n2cnnn2)cc1CN[C@@H]1CCCN[C@@H]1c1ccc(C)cc1.Cl.Cl. The maximum atomic E-state index is 5.57. The highest BCUT2D eigenvalue weighted by Gasteiger charge is 2.26. The summed E-state index contributed by atoms with van der Waals surface area (Å²) in [6, 6.07) is 15.5. The van der Waals surface area contributed by atoms with Crippen LogP contribution in [0.15, 0.2) is 48.8 Å². The Balaban J connectivity index is 0.00000160. The van der Waals surface area contributed by atoms with Crippen molar-refractivity contribution in [3.05, 3.63) is 65.5 Å². The van der Waals surface area contributed by atoms with Gasteiger partial charge in [-0.1, -0.05) is 29.8 Å². The highest BCUT2D eigenvalue weighted by Crippen LogP contribution is 2.26. The molecule has 7 nitrogen and oxygen atoms in total. The van der Waals surface area contributed by atoms with Gasteiger partial charge >= 0.3 is 0 Å². The highest BCUT2D eigenvalue weighted by atomic mass is 35.5. The van der Waals surface area contributed by atoms with Gasteiger partial charge in [0.2, 0.25) is 0 Å². The molecule has 30 heavy (non-hydrogen) atoms. The first-order valence-corrected chi connectivity index (χ1v) is 9.68. The lowest BCUT2D eigenvalue weighted by Crippen LogP contribution is -2.45. The zero-order valence-electron chi connectivity index (χ0n) is 17.1. The van der Waals surface area contributed by atoms with Gasteiger partial charge in [-0.05, 0) is 60.5 Å². The van der Waals surface area contributed by atoms with Gasteiger partial charge in [-0.3, -0.25) is 0 Å². The Hall–Kier alpha value is -2.19. The molecule has 9 heteroatoms. The van der Waals surface area contributed by atoms with Gasteiger partial charge in [-0.15, -0.1) is 29.9 Å². The zero-order valence-corrected chi connectivity index (χ0v) is 18.7. The molecule has 1 aliphatic heterocycles. The van der Waals surface area contributed by atoms with Crippen LogP contribution in [0.25, 0.3) is 5.69 Å². The van der Waals surface area contributed by atoms with E-state index in [2.05, 4.69) is 63.4 Å². The number of benzene rings is 2. The molecule has 0 unspecified atom stereocenters. The summed E-state index contributed by atoms with van der Waals surface area (Å²) < 4.78 is 7.22. The molecule has 4 rings (SSSR count). The molecule has 2 atom stereocenters. The fourth-order valence-electron chi connectivity index (χ4n) is 3.80. The van der Waals surface area contributed by atoms with E-state index in [0.717, 1.165) is 30.0 Å². The van der Waals surface area contributed by atoms with Crippen LogP contribution < -0.4 is 15.4 Å². The normalized spacial score (nSPS) is 18.2. The van der Waals surface area contributed by atoms with Crippen LogP contribution in [0, 0.1) is 6.92 Å². The van der Waals surface area contributed by atoms with Gasteiger partial charge in [0.05, 0.1) is 12.8 Å². The number of rotatable bonds is 6. The summed E-state index contributed by atoms with van der Waals surface area (Å²) in [5.41, 5.74) is 4.62. The predicted octanol–water partition coefficient (Wildman–Crippen LogP) is 3.41. The Morgan fingerprint density at radius 2 is 1.97 bits per heavy atom. The van der Waals surface area contributed by atoms with E-state index in [9.17, 15) is 0 Å². The second-order valence-electron chi connectivity index (χ2n) is 7.22. The van der Waals surface area contributed by atoms with Crippen molar-refractivity contribution >= 4 is 24.8 Å². The van der Waals surface area contributed by atoms with Crippen molar-refractivity contribution < 1.29 is 4.74 Å². The summed E-state index contributed by atoms with van der Waals surface area (Å²) in [6.07, 6.45) is 3.90. The number of halogens is 2. The van der Waals surface area contributed by atoms with Crippen LogP contribution >= 0.6 is 24.8 Å². The monoisotopic (exact) mass is 450 g/mol. The summed E-state index contributed by atoms with van der Waals surface area (Å²) in [7, 11) is 1.70. The van der Waals surface area contributed by atoms with Crippen molar-refractivity contribution in [2.45, 2.75) is 38.4 Å². The fraction of sp³-hybridized carbons (Fsp3) is 0.381. The lowest BCUT2D eigenvalue weighted by Gasteiger charge is -2.34.